The predicted octanol–water partition coefficient (Wildman–Crippen LogP) is 6.06. The highest BCUT2D eigenvalue weighted by atomic mass is 16.3. The maximum atomic E-state index is 11.7. The fraction of sp³-hybridized carbons (Fsp3) is 0.917. The minimum Gasteiger partial charge on any atom is -0.483 e. The Kier molecular flexibility index (Phi) is 30.2. The molecule has 0 saturated heterocycles. The molecule has 0 bridgehead atoms. The third-order valence-electron chi connectivity index (χ3n) is 5.18. The van der Waals surface area contributed by atoms with E-state index >= 15 is 0 Å². The van der Waals surface area contributed by atoms with Crippen molar-refractivity contribution in [3.8, 4) is 0 Å². The van der Waals surface area contributed by atoms with Gasteiger partial charge in [-0.1, -0.05) is 96.8 Å². The minimum absolute atomic E-state index is 0.240. The Morgan fingerprint density at radius 3 is 1.48 bits per heavy atom. The Morgan fingerprint density at radius 2 is 1.07 bits per heavy atom. The zero-order valence-electron chi connectivity index (χ0n) is 19.5. The number of carbonyl (C=O) groups excluding carboxylic acids is 1. The molecule has 0 aliphatic rings. The molecular weight excluding hydrogens is 364 g/mol. The van der Waals surface area contributed by atoms with Gasteiger partial charge in [0.1, 0.15) is 0 Å². The van der Waals surface area contributed by atoms with E-state index < -0.39 is 0 Å². The van der Waals surface area contributed by atoms with Crippen molar-refractivity contribution in [1.82, 2.24) is 10.6 Å². The molecule has 174 valence electrons. The second-order valence-electron chi connectivity index (χ2n) is 7.97. The molecule has 5 nitrogen and oxygen atoms in total. The lowest BCUT2D eigenvalue weighted by Crippen LogP contribution is -2.24. The normalized spacial score (nSPS) is 10.3. The second-order valence-corrected chi connectivity index (χ2v) is 7.97. The fourth-order valence-corrected chi connectivity index (χ4v) is 3.40. The average Bonchev–Trinajstić information content (AvgIpc) is 2.71. The Bertz CT molecular complexity index is 325. The van der Waals surface area contributed by atoms with Crippen molar-refractivity contribution in [2.45, 2.75) is 122 Å². The smallest absolute Gasteiger partial charge is 0.290 e. The van der Waals surface area contributed by atoms with E-state index in [-0.39, 0.29) is 12.4 Å². The van der Waals surface area contributed by atoms with Gasteiger partial charge in [0.2, 0.25) is 5.91 Å². The number of rotatable bonds is 21. The molecule has 0 spiro atoms. The lowest BCUT2D eigenvalue weighted by molar-refractivity contribution is -0.123. The zero-order chi connectivity index (χ0) is 21.8. The largest absolute Gasteiger partial charge is 0.483 e. The van der Waals surface area contributed by atoms with Gasteiger partial charge in [-0.05, 0) is 32.9 Å². The van der Waals surface area contributed by atoms with Crippen molar-refractivity contribution in [3.05, 3.63) is 0 Å². The highest BCUT2D eigenvalue weighted by molar-refractivity contribution is 5.75. The van der Waals surface area contributed by atoms with Crippen LogP contribution >= 0.6 is 0 Å². The summed E-state index contributed by atoms with van der Waals surface area (Å²) >= 11 is 0. The molecule has 0 atom stereocenters. The van der Waals surface area contributed by atoms with Gasteiger partial charge in [-0.3, -0.25) is 9.59 Å². The van der Waals surface area contributed by atoms with Crippen molar-refractivity contribution in [3.63, 3.8) is 0 Å². The Morgan fingerprint density at radius 1 is 0.690 bits per heavy atom. The molecule has 0 aliphatic carbocycles. The number of amides is 1. The molecule has 1 amide bonds. The van der Waals surface area contributed by atoms with Crippen LogP contribution in [-0.2, 0) is 9.59 Å². The Balaban J connectivity index is 0. The van der Waals surface area contributed by atoms with Crippen LogP contribution in [0.5, 0.6) is 0 Å². The molecule has 0 unspecified atom stereocenters. The first-order chi connectivity index (χ1) is 14.2. The van der Waals surface area contributed by atoms with Crippen LogP contribution in [-0.4, -0.2) is 37.6 Å². The van der Waals surface area contributed by atoms with E-state index in [0.29, 0.717) is 6.42 Å². The van der Waals surface area contributed by atoms with E-state index in [2.05, 4.69) is 17.6 Å². The zero-order valence-corrected chi connectivity index (χ0v) is 19.5. The molecule has 0 aromatic heterocycles. The number of hydrogen-bond donors (Lipinski definition) is 3. The summed E-state index contributed by atoms with van der Waals surface area (Å²) in [6, 6.07) is 0. The fourth-order valence-electron chi connectivity index (χ4n) is 3.40. The first-order valence-corrected chi connectivity index (χ1v) is 12.2. The maximum Gasteiger partial charge on any atom is 0.290 e. The topological polar surface area (TPSA) is 78.4 Å². The van der Waals surface area contributed by atoms with Gasteiger partial charge in [0.15, 0.2) is 0 Å². The third-order valence-corrected chi connectivity index (χ3v) is 5.18. The highest BCUT2D eigenvalue weighted by Crippen LogP contribution is 2.13. The van der Waals surface area contributed by atoms with Crippen molar-refractivity contribution in [2.24, 2.45) is 0 Å². The van der Waals surface area contributed by atoms with E-state index in [1.165, 1.54) is 89.9 Å². The molecule has 0 saturated carbocycles. The van der Waals surface area contributed by atoms with Gasteiger partial charge in [0, 0.05) is 13.0 Å². The molecule has 5 heteroatoms. The lowest BCUT2D eigenvalue weighted by Gasteiger charge is -2.05. The van der Waals surface area contributed by atoms with E-state index in [4.69, 9.17) is 9.90 Å². The van der Waals surface area contributed by atoms with Gasteiger partial charge in [-0.15, -0.1) is 0 Å². The molecule has 0 aliphatic heterocycles. The van der Waals surface area contributed by atoms with Gasteiger partial charge < -0.3 is 15.7 Å². The lowest BCUT2D eigenvalue weighted by atomic mass is 10.0. The summed E-state index contributed by atoms with van der Waals surface area (Å²) in [4.78, 5) is 20.0. The monoisotopic (exact) mass is 414 g/mol. The summed E-state index contributed by atoms with van der Waals surface area (Å²) in [5, 5.41) is 13.0. The molecular formula is C24H50N2O3. The molecule has 29 heavy (non-hydrogen) atoms. The molecule has 0 heterocycles. The highest BCUT2D eigenvalue weighted by Gasteiger charge is 2.00. The summed E-state index contributed by atoms with van der Waals surface area (Å²) in [6.45, 7) is 3.90. The molecule has 0 rings (SSSR count). The SMILES string of the molecule is CCCCCCCCCCCCCCCCCC(=O)NCCCCNC.O=CO. The number of unbranched alkanes of at least 4 members (excludes halogenated alkanes) is 15. The predicted molar refractivity (Wildman–Crippen MR) is 124 cm³/mol. The molecule has 0 radical (unpaired) electrons. The summed E-state index contributed by atoms with van der Waals surface area (Å²) < 4.78 is 0. The number of carbonyl (C=O) groups is 2. The standard InChI is InChI=1S/C23H48N2O.CH2O2/c1-3-4-5-6-7-8-9-10-11-12-13-14-15-16-17-20-23(26)25-22-19-18-21-24-2;2-1-3/h24H,3-22H2,1-2H3,(H,25,26);1H,(H,2,3). The molecule has 0 fully saturated rings. The van der Waals surface area contributed by atoms with Gasteiger partial charge in [0.05, 0.1) is 0 Å². The summed E-state index contributed by atoms with van der Waals surface area (Å²) in [5.74, 6) is 0.240. The Labute approximate surface area is 180 Å². The van der Waals surface area contributed by atoms with Crippen LogP contribution in [0.3, 0.4) is 0 Å². The van der Waals surface area contributed by atoms with Crippen molar-refractivity contribution in [1.29, 1.82) is 0 Å². The number of nitrogens with one attached hydrogen (secondary N) is 2. The van der Waals surface area contributed by atoms with E-state index in [0.717, 1.165) is 32.4 Å². The van der Waals surface area contributed by atoms with Crippen LogP contribution in [0, 0.1) is 0 Å². The van der Waals surface area contributed by atoms with Crippen LogP contribution in [0.1, 0.15) is 122 Å². The summed E-state index contributed by atoms with van der Waals surface area (Å²) in [6.07, 6.45) is 23.5. The summed E-state index contributed by atoms with van der Waals surface area (Å²) in [7, 11) is 1.97. The van der Waals surface area contributed by atoms with Crippen molar-refractivity contribution < 1.29 is 14.7 Å². The van der Waals surface area contributed by atoms with Gasteiger partial charge in [-0.25, -0.2) is 0 Å². The number of carboxylic acid groups (broad SMARTS) is 1. The van der Waals surface area contributed by atoms with Gasteiger partial charge in [0.25, 0.3) is 6.47 Å². The minimum atomic E-state index is -0.250. The molecule has 0 aromatic rings. The summed E-state index contributed by atoms with van der Waals surface area (Å²) in [5.41, 5.74) is 0. The van der Waals surface area contributed by atoms with Gasteiger partial charge in [-0.2, -0.15) is 0 Å². The van der Waals surface area contributed by atoms with E-state index in [1.807, 2.05) is 7.05 Å². The third kappa shape index (κ3) is 31.8. The quantitative estimate of drug-likeness (QED) is 0.157. The first-order valence-electron chi connectivity index (χ1n) is 12.2. The van der Waals surface area contributed by atoms with Crippen LogP contribution in [0.2, 0.25) is 0 Å². The first kappa shape index (κ1) is 30.1. The molecule has 3 N–H and O–H groups in total. The second kappa shape index (κ2) is 29.1. The average molecular weight is 415 g/mol. The molecule has 0 aromatic carbocycles. The van der Waals surface area contributed by atoms with Crippen LogP contribution < -0.4 is 10.6 Å². The van der Waals surface area contributed by atoms with E-state index in [9.17, 15) is 4.79 Å². The van der Waals surface area contributed by atoms with Gasteiger partial charge >= 0.3 is 0 Å². The van der Waals surface area contributed by atoms with Crippen LogP contribution in [0.4, 0.5) is 0 Å². The van der Waals surface area contributed by atoms with Crippen molar-refractivity contribution >= 4 is 12.4 Å². The van der Waals surface area contributed by atoms with Crippen LogP contribution in [0.25, 0.3) is 0 Å². The Hall–Kier alpha value is -1.10. The number of hydrogen-bond acceptors (Lipinski definition) is 3. The van der Waals surface area contributed by atoms with Crippen LogP contribution in [0.15, 0.2) is 0 Å². The van der Waals surface area contributed by atoms with E-state index in [1.54, 1.807) is 0 Å². The van der Waals surface area contributed by atoms with Crippen molar-refractivity contribution in [2.75, 3.05) is 20.1 Å². The maximum absolute atomic E-state index is 11.7.